The van der Waals surface area contributed by atoms with Crippen LogP contribution in [0.2, 0.25) is 0 Å². The number of nitrogens with one attached hydrogen (secondary N) is 1. The molecule has 1 fully saturated rings. The zero-order chi connectivity index (χ0) is 16.6. The second-order valence-electron chi connectivity index (χ2n) is 5.64. The Kier molecular flexibility index (Phi) is 4.02. The fraction of sp³-hybridized carbons (Fsp3) is 0.353. The van der Waals surface area contributed by atoms with Gasteiger partial charge >= 0.3 is 6.18 Å². The molecule has 1 aliphatic rings. The number of carbonyl (C=O) groups is 1. The van der Waals surface area contributed by atoms with E-state index in [9.17, 15) is 18.0 Å². The third-order valence-electron chi connectivity index (χ3n) is 4.19. The summed E-state index contributed by atoms with van der Waals surface area (Å²) in [4.78, 5) is 11.4. The molecule has 1 saturated heterocycles. The van der Waals surface area contributed by atoms with Crippen molar-refractivity contribution in [3.8, 4) is 0 Å². The van der Waals surface area contributed by atoms with Gasteiger partial charge in [-0.2, -0.15) is 13.2 Å². The lowest BCUT2D eigenvalue weighted by Crippen LogP contribution is -2.43. The van der Waals surface area contributed by atoms with Crippen molar-refractivity contribution in [2.45, 2.75) is 32.0 Å². The van der Waals surface area contributed by atoms with Crippen molar-refractivity contribution < 1.29 is 18.0 Å². The number of amides is 1. The van der Waals surface area contributed by atoms with Gasteiger partial charge in [-0.15, -0.1) is 0 Å². The first-order chi connectivity index (χ1) is 10.9. The van der Waals surface area contributed by atoms with Gasteiger partial charge in [0.25, 0.3) is 0 Å². The van der Waals surface area contributed by atoms with Crippen LogP contribution in [0.3, 0.4) is 0 Å². The summed E-state index contributed by atoms with van der Waals surface area (Å²) in [6, 6.07) is 8.55. The van der Waals surface area contributed by atoms with E-state index >= 15 is 0 Å². The highest BCUT2D eigenvalue weighted by atomic mass is 19.4. The quantitative estimate of drug-likeness (QED) is 0.933. The van der Waals surface area contributed by atoms with Crippen molar-refractivity contribution in [1.82, 2.24) is 10.4 Å². The molecule has 0 aromatic heterocycles. The molecule has 0 spiro atoms. The Bertz CT molecular complexity index is 742. The van der Waals surface area contributed by atoms with Crippen LogP contribution in [0, 0.1) is 0 Å². The Morgan fingerprint density at radius 2 is 1.87 bits per heavy atom. The molecule has 2 aromatic rings. The number of benzene rings is 2. The Hall–Kier alpha value is -2.08. The number of aryl methyl sites for hydroxylation is 1. The highest BCUT2D eigenvalue weighted by Crippen LogP contribution is 2.41. The number of halogens is 3. The smallest absolute Gasteiger partial charge is 0.288 e. The highest BCUT2D eigenvalue weighted by Gasteiger charge is 2.47. The molecular weight excluding hydrogens is 305 g/mol. The minimum Gasteiger partial charge on any atom is -0.288 e. The number of fused-ring (bicyclic) bond motifs is 1. The van der Waals surface area contributed by atoms with E-state index in [2.05, 4.69) is 5.43 Å². The van der Waals surface area contributed by atoms with Gasteiger partial charge in [0.15, 0.2) is 6.04 Å². The molecule has 0 aliphatic carbocycles. The van der Waals surface area contributed by atoms with Crippen LogP contribution >= 0.6 is 0 Å². The fourth-order valence-electron chi connectivity index (χ4n) is 3.15. The maximum Gasteiger partial charge on any atom is 0.409 e. The van der Waals surface area contributed by atoms with Crippen molar-refractivity contribution in [2.24, 2.45) is 0 Å². The molecule has 122 valence electrons. The van der Waals surface area contributed by atoms with Crippen molar-refractivity contribution >= 4 is 16.7 Å². The summed E-state index contributed by atoms with van der Waals surface area (Å²) in [5, 5.41) is 2.40. The fourth-order valence-corrected chi connectivity index (χ4v) is 3.15. The first-order valence-corrected chi connectivity index (χ1v) is 7.55. The van der Waals surface area contributed by atoms with E-state index in [4.69, 9.17) is 0 Å². The molecule has 1 N–H and O–H groups in total. The Balaban J connectivity index is 2.17. The third-order valence-corrected chi connectivity index (χ3v) is 4.19. The van der Waals surface area contributed by atoms with Crippen LogP contribution in [0.15, 0.2) is 36.4 Å². The normalized spacial score (nSPS) is 17.5. The molecule has 3 rings (SSSR count). The molecule has 6 heteroatoms. The van der Waals surface area contributed by atoms with E-state index in [0.717, 1.165) is 22.4 Å². The molecule has 1 unspecified atom stereocenters. The molecule has 2 aromatic carbocycles. The first kappa shape index (κ1) is 15.8. The molecule has 1 atom stereocenters. The Morgan fingerprint density at radius 1 is 1.17 bits per heavy atom. The van der Waals surface area contributed by atoms with Crippen LogP contribution in [0.25, 0.3) is 10.8 Å². The van der Waals surface area contributed by atoms with E-state index in [1.54, 1.807) is 18.2 Å². The van der Waals surface area contributed by atoms with Gasteiger partial charge in [-0.1, -0.05) is 43.3 Å². The molecule has 0 bridgehead atoms. The van der Waals surface area contributed by atoms with E-state index in [1.165, 1.54) is 6.07 Å². The van der Waals surface area contributed by atoms with Gasteiger partial charge in [-0.3, -0.25) is 10.2 Å². The molecule has 0 saturated carbocycles. The predicted octanol–water partition coefficient (Wildman–Crippen LogP) is 3.74. The van der Waals surface area contributed by atoms with Crippen molar-refractivity contribution in [2.75, 3.05) is 6.54 Å². The lowest BCUT2D eigenvalue weighted by molar-refractivity contribution is -0.190. The van der Waals surface area contributed by atoms with Gasteiger partial charge in [-0.25, -0.2) is 5.01 Å². The summed E-state index contributed by atoms with van der Waals surface area (Å²) < 4.78 is 41.1. The van der Waals surface area contributed by atoms with E-state index in [1.807, 2.05) is 19.1 Å². The molecule has 3 nitrogen and oxygen atoms in total. The average Bonchev–Trinajstić information content (AvgIpc) is 2.91. The Morgan fingerprint density at radius 3 is 2.48 bits per heavy atom. The number of rotatable bonds is 3. The number of hydrogen-bond acceptors (Lipinski definition) is 2. The van der Waals surface area contributed by atoms with Gasteiger partial charge in [0.05, 0.1) is 0 Å². The lowest BCUT2D eigenvalue weighted by Gasteiger charge is -2.30. The van der Waals surface area contributed by atoms with E-state index in [-0.39, 0.29) is 24.4 Å². The summed E-state index contributed by atoms with van der Waals surface area (Å²) in [5.41, 5.74) is 3.51. The van der Waals surface area contributed by atoms with Crippen LogP contribution < -0.4 is 5.43 Å². The molecule has 1 heterocycles. The summed E-state index contributed by atoms with van der Waals surface area (Å²) >= 11 is 0. The van der Waals surface area contributed by atoms with E-state index < -0.39 is 12.2 Å². The SMILES string of the molecule is CCc1cccc2c(C(N3CCC(=O)N3)C(F)(F)F)cccc12. The molecule has 0 radical (unpaired) electrons. The maximum absolute atomic E-state index is 13.7. The van der Waals surface area contributed by atoms with Gasteiger partial charge < -0.3 is 0 Å². The maximum atomic E-state index is 13.7. The second kappa shape index (κ2) is 5.85. The van der Waals surface area contributed by atoms with Gasteiger partial charge in [0.2, 0.25) is 5.91 Å². The van der Waals surface area contributed by atoms with Gasteiger partial charge in [0, 0.05) is 13.0 Å². The predicted molar refractivity (Wildman–Crippen MR) is 81.6 cm³/mol. The number of nitrogens with zero attached hydrogens (tertiary/aromatic N) is 1. The van der Waals surface area contributed by atoms with E-state index in [0.29, 0.717) is 5.39 Å². The average molecular weight is 322 g/mol. The standard InChI is InChI=1S/C17H17F3N2O/c1-2-11-5-3-7-13-12(11)6-4-8-14(13)16(17(18,19)20)22-10-9-15(23)21-22/h3-8,16H,2,9-10H2,1H3,(H,21,23). The molecular formula is C17H17F3N2O. The zero-order valence-electron chi connectivity index (χ0n) is 12.7. The van der Waals surface area contributed by atoms with Crippen LogP contribution in [-0.4, -0.2) is 23.6 Å². The van der Waals surface area contributed by atoms with Gasteiger partial charge in [0.1, 0.15) is 0 Å². The molecule has 1 amide bonds. The minimum absolute atomic E-state index is 0.0485. The van der Waals surface area contributed by atoms with Crippen LogP contribution in [0.4, 0.5) is 13.2 Å². The van der Waals surface area contributed by atoms with Crippen molar-refractivity contribution in [1.29, 1.82) is 0 Å². The summed E-state index contributed by atoms with van der Waals surface area (Å²) in [7, 11) is 0. The second-order valence-corrected chi connectivity index (χ2v) is 5.64. The number of hydrazine groups is 1. The summed E-state index contributed by atoms with van der Waals surface area (Å²) in [6.45, 7) is 2.02. The van der Waals surface area contributed by atoms with Crippen LogP contribution in [0.1, 0.15) is 30.5 Å². The van der Waals surface area contributed by atoms with Crippen LogP contribution in [-0.2, 0) is 11.2 Å². The van der Waals surface area contributed by atoms with Crippen LogP contribution in [0.5, 0.6) is 0 Å². The number of carbonyl (C=O) groups excluding carboxylic acids is 1. The largest absolute Gasteiger partial charge is 0.409 e. The topological polar surface area (TPSA) is 32.3 Å². The Labute approximate surface area is 132 Å². The minimum atomic E-state index is -4.48. The summed E-state index contributed by atoms with van der Waals surface area (Å²) in [6.07, 6.45) is -3.65. The van der Waals surface area contributed by atoms with Crippen molar-refractivity contribution in [3.05, 3.63) is 47.5 Å². The molecule has 1 aliphatic heterocycles. The first-order valence-electron chi connectivity index (χ1n) is 7.55. The third kappa shape index (κ3) is 2.91. The number of alkyl halides is 3. The summed E-state index contributed by atoms with van der Waals surface area (Å²) in [5.74, 6) is -0.381. The monoisotopic (exact) mass is 322 g/mol. The zero-order valence-corrected chi connectivity index (χ0v) is 12.7. The van der Waals surface area contributed by atoms with Crippen molar-refractivity contribution in [3.63, 3.8) is 0 Å². The number of hydrogen-bond donors (Lipinski definition) is 1. The van der Waals surface area contributed by atoms with Gasteiger partial charge in [-0.05, 0) is 28.3 Å². The molecule has 23 heavy (non-hydrogen) atoms. The lowest BCUT2D eigenvalue weighted by atomic mass is 9.94. The highest BCUT2D eigenvalue weighted by molar-refractivity contribution is 5.89.